The van der Waals surface area contributed by atoms with E-state index in [-0.39, 0.29) is 11.7 Å². The van der Waals surface area contributed by atoms with Gasteiger partial charge in [0.2, 0.25) is 6.16 Å². The summed E-state index contributed by atoms with van der Waals surface area (Å²) in [6.45, 7) is 3.05. The predicted molar refractivity (Wildman–Crippen MR) is 31.5 cm³/mol. The molecule has 0 bridgehead atoms. The van der Waals surface area contributed by atoms with Gasteiger partial charge in [0.15, 0.2) is 0 Å². The summed E-state index contributed by atoms with van der Waals surface area (Å²) in [4.78, 5) is 18.1. The molecule has 0 aromatic carbocycles. The second-order valence-electron chi connectivity index (χ2n) is 1.42. The lowest BCUT2D eigenvalue weighted by atomic mass is 10.4. The van der Waals surface area contributed by atoms with Crippen molar-refractivity contribution in [2.24, 2.45) is 0 Å². The van der Waals surface area contributed by atoms with Crippen LogP contribution in [-0.4, -0.2) is 22.1 Å². The predicted octanol–water partition coefficient (Wildman–Crippen LogP) is 0.362. The highest BCUT2D eigenvalue weighted by molar-refractivity contribution is 7.38. The first-order chi connectivity index (χ1) is 4.04. The van der Waals surface area contributed by atoms with Gasteiger partial charge in [0, 0.05) is 0 Å². The van der Waals surface area contributed by atoms with Gasteiger partial charge < -0.3 is 5.11 Å². The van der Waals surface area contributed by atoms with E-state index < -0.39 is 14.0 Å². The number of rotatable bonds is 3. The van der Waals surface area contributed by atoms with Crippen LogP contribution in [0.2, 0.25) is 0 Å². The molecule has 0 aliphatic heterocycles. The van der Waals surface area contributed by atoms with E-state index in [0.717, 1.165) is 0 Å². The lowest BCUT2D eigenvalue weighted by Gasteiger charge is -1.83. The van der Waals surface area contributed by atoms with Crippen molar-refractivity contribution >= 4 is 14.0 Å². The van der Waals surface area contributed by atoms with Crippen molar-refractivity contribution in [3.05, 3.63) is 12.2 Å². The largest absolute Gasteiger partial charge is 0.510 e. The molecule has 0 aromatic rings. The van der Waals surface area contributed by atoms with Crippen molar-refractivity contribution in [3.63, 3.8) is 0 Å². The molecule has 0 amide bonds. The van der Waals surface area contributed by atoms with Crippen LogP contribution < -0.4 is 0 Å². The fraction of sp³-hybridized carbons (Fsp3) is 0.250. The molecule has 0 aliphatic rings. The molecule has 0 fully saturated rings. The number of carboxylic acid groups (broad SMARTS) is 1. The summed E-state index contributed by atoms with van der Waals surface area (Å²) in [7, 11) is -2.40. The maximum atomic E-state index is 9.94. The molecule has 0 rings (SSSR count). The zero-order valence-electron chi connectivity index (χ0n) is 4.57. The van der Waals surface area contributed by atoms with Crippen LogP contribution in [0.1, 0.15) is 0 Å². The van der Waals surface area contributed by atoms with Gasteiger partial charge in [-0.05, 0) is 4.57 Å². The topological polar surface area (TPSA) is 74.6 Å². The fourth-order valence-corrected chi connectivity index (χ4v) is 0.693. The van der Waals surface area contributed by atoms with E-state index in [9.17, 15) is 9.36 Å². The minimum Gasteiger partial charge on any atom is -0.478 e. The van der Waals surface area contributed by atoms with E-state index in [4.69, 9.17) is 10.00 Å². The number of carboxylic acids is 1. The summed E-state index contributed by atoms with van der Waals surface area (Å²) in [6, 6.07) is 0. The minimum atomic E-state index is -2.40. The van der Waals surface area contributed by atoms with Crippen LogP contribution in [0.3, 0.4) is 0 Å². The first-order valence-corrected chi connectivity index (χ1v) is 3.48. The molecule has 1 atom stereocenters. The Morgan fingerprint density at radius 1 is 1.67 bits per heavy atom. The monoisotopic (exact) mass is 149 g/mol. The number of hydrogen-bond donors (Lipinski definition) is 2. The zero-order chi connectivity index (χ0) is 7.44. The van der Waals surface area contributed by atoms with Crippen molar-refractivity contribution in [1.29, 1.82) is 0 Å². The highest BCUT2D eigenvalue weighted by Crippen LogP contribution is 2.15. The van der Waals surface area contributed by atoms with Gasteiger partial charge in [-0.25, -0.2) is 4.79 Å². The molecular weight excluding hydrogens is 143 g/mol. The Kier molecular flexibility index (Phi) is 3.06. The highest BCUT2D eigenvalue weighted by atomic mass is 31.1. The van der Waals surface area contributed by atoms with Gasteiger partial charge in [-0.3, -0.25) is 0 Å². The van der Waals surface area contributed by atoms with Crippen LogP contribution in [0.4, 0.5) is 0 Å². The van der Waals surface area contributed by atoms with Crippen LogP contribution in [0.25, 0.3) is 0 Å². The summed E-state index contributed by atoms with van der Waals surface area (Å²) < 4.78 is 9.94. The van der Waals surface area contributed by atoms with E-state index in [1.807, 2.05) is 0 Å². The minimum absolute atomic E-state index is 0.237. The number of aliphatic carboxylic acids is 1. The lowest BCUT2D eigenvalue weighted by Crippen LogP contribution is -2.00. The van der Waals surface area contributed by atoms with Gasteiger partial charge in [-0.1, -0.05) is 6.58 Å². The standard InChI is InChI=1S/C4H5O4P/c1-3(4(5)6)2-9(7)8/h1-2H2,(H-,5,6,7,8)/p+1. The van der Waals surface area contributed by atoms with Gasteiger partial charge >= 0.3 is 14.0 Å². The van der Waals surface area contributed by atoms with E-state index >= 15 is 0 Å². The third-order valence-electron chi connectivity index (χ3n) is 0.629. The van der Waals surface area contributed by atoms with Crippen LogP contribution in [0, 0.1) is 0 Å². The summed E-state index contributed by atoms with van der Waals surface area (Å²) in [6.07, 6.45) is -0.356. The summed E-state index contributed by atoms with van der Waals surface area (Å²) >= 11 is 0. The Morgan fingerprint density at radius 3 is 2.22 bits per heavy atom. The summed E-state index contributed by atoms with van der Waals surface area (Å²) in [5.74, 6) is -1.23. The Balaban J connectivity index is 3.79. The van der Waals surface area contributed by atoms with Crippen LogP contribution in [0.15, 0.2) is 12.2 Å². The normalized spacial score (nSPS) is 10.6. The SMILES string of the molecule is C=C(C[P+](=O)O)C(=O)O. The van der Waals surface area contributed by atoms with Gasteiger partial charge in [-0.2, -0.15) is 4.89 Å². The molecule has 0 spiro atoms. The fourth-order valence-electron chi connectivity index (χ4n) is 0.231. The average Bonchev–Trinajstić information content (AvgIpc) is 1.63. The first-order valence-electron chi connectivity index (χ1n) is 2.08. The number of carbonyl (C=O) groups is 1. The third kappa shape index (κ3) is 3.82. The zero-order valence-corrected chi connectivity index (χ0v) is 5.47. The van der Waals surface area contributed by atoms with Crippen LogP contribution >= 0.6 is 8.03 Å². The molecule has 0 radical (unpaired) electrons. The molecule has 50 valence electrons. The molecule has 0 heterocycles. The van der Waals surface area contributed by atoms with Crippen LogP contribution in [0.5, 0.6) is 0 Å². The van der Waals surface area contributed by atoms with Crippen molar-refractivity contribution in [1.82, 2.24) is 0 Å². The van der Waals surface area contributed by atoms with E-state index in [1.165, 1.54) is 0 Å². The van der Waals surface area contributed by atoms with Crippen LogP contribution in [-0.2, 0) is 9.36 Å². The quantitative estimate of drug-likeness (QED) is 0.448. The maximum absolute atomic E-state index is 9.94. The maximum Gasteiger partial charge on any atom is 0.510 e. The van der Waals surface area contributed by atoms with Gasteiger partial charge in [0.1, 0.15) is 0 Å². The van der Waals surface area contributed by atoms with Crippen molar-refractivity contribution < 1.29 is 19.4 Å². The van der Waals surface area contributed by atoms with Gasteiger partial charge in [0.05, 0.1) is 5.57 Å². The smallest absolute Gasteiger partial charge is 0.478 e. The third-order valence-corrected chi connectivity index (χ3v) is 1.28. The molecule has 1 unspecified atom stereocenters. The Hall–Kier alpha value is -0.730. The van der Waals surface area contributed by atoms with Gasteiger partial charge in [-0.15, -0.1) is 0 Å². The highest BCUT2D eigenvalue weighted by Gasteiger charge is 2.17. The molecule has 0 saturated heterocycles. The Morgan fingerprint density at radius 2 is 2.11 bits per heavy atom. The Bertz CT molecular complexity index is 162. The molecule has 5 heteroatoms. The van der Waals surface area contributed by atoms with Gasteiger partial charge in [0.25, 0.3) is 0 Å². The molecule has 0 saturated carbocycles. The molecule has 2 N–H and O–H groups in total. The molecule has 9 heavy (non-hydrogen) atoms. The van der Waals surface area contributed by atoms with Crippen molar-refractivity contribution in [2.75, 3.05) is 6.16 Å². The second kappa shape index (κ2) is 3.33. The first kappa shape index (κ1) is 8.27. The lowest BCUT2D eigenvalue weighted by molar-refractivity contribution is -0.132. The molecular formula is C4H6O4P+. The molecule has 4 nitrogen and oxygen atoms in total. The second-order valence-corrected chi connectivity index (χ2v) is 2.44. The molecule has 0 aromatic heterocycles. The van der Waals surface area contributed by atoms with E-state index in [1.54, 1.807) is 0 Å². The van der Waals surface area contributed by atoms with Crippen molar-refractivity contribution in [3.8, 4) is 0 Å². The van der Waals surface area contributed by atoms with E-state index in [2.05, 4.69) is 6.58 Å². The average molecular weight is 149 g/mol. The number of hydrogen-bond acceptors (Lipinski definition) is 2. The Labute approximate surface area is 52.7 Å². The van der Waals surface area contributed by atoms with E-state index in [0.29, 0.717) is 0 Å². The summed E-state index contributed by atoms with van der Waals surface area (Å²) in [5.41, 5.74) is -0.237. The summed E-state index contributed by atoms with van der Waals surface area (Å²) in [5, 5.41) is 8.09. The molecule has 0 aliphatic carbocycles. The van der Waals surface area contributed by atoms with Crippen molar-refractivity contribution in [2.45, 2.75) is 0 Å².